The van der Waals surface area contributed by atoms with Crippen molar-refractivity contribution in [2.24, 2.45) is 0 Å². The predicted molar refractivity (Wildman–Crippen MR) is 94.5 cm³/mol. The lowest BCUT2D eigenvalue weighted by molar-refractivity contribution is -0.123. The Morgan fingerprint density at radius 2 is 1.88 bits per heavy atom. The summed E-state index contributed by atoms with van der Waals surface area (Å²) in [4.78, 5) is 24.9. The van der Waals surface area contributed by atoms with E-state index in [-0.39, 0.29) is 24.0 Å². The average molecular weight is 345 g/mol. The van der Waals surface area contributed by atoms with Crippen molar-refractivity contribution in [1.82, 2.24) is 5.32 Å². The standard InChI is InChI=1S/C17H19N3O3S/c1-11-15(18-8-9-23-11)17(22)20-13-6-4-12(5-7-13)19-16(21)14-3-2-10-24-14/h2-7,10-11,15,18H,8-9H2,1H3,(H,19,21)(H,20,22)/t11-,15+/m1/s1. The first-order valence-corrected chi connectivity index (χ1v) is 8.62. The highest BCUT2D eigenvalue weighted by atomic mass is 32.1. The molecule has 2 aromatic rings. The highest BCUT2D eigenvalue weighted by molar-refractivity contribution is 7.12. The summed E-state index contributed by atoms with van der Waals surface area (Å²) in [6, 6.07) is 10.3. The summed E-state index contributed by atoms with van der Waals surface area (Å²) >= 11 is 1.39. The van der Waals surface area contributed by atoms with Gasteiger partial charge in [-0.1, -0.05) is 6.07 Å². The fraction of sp³-hybridized carbons (Fsp3) is 0.294. The number of carbonyl (C=O) groups is 2. The van der Waals surface area contributed by atoms with Gasteiger partial charge in [-0.25, -0.2) is 0 Å². The van der Waals surface area contributed by atoms with Gasteiger partial charge in [0.1, 0.15) is 6.04 Å². The number of anilines is 2. The molecule has 3 N–H and O–H groups in total. The van der Waals surface area contributed by atoms with Crippen LogP contribution >= 0.6 is 11.3 Å². The molecule has 1 fully saturated rings. The van der Waals surface area contributed by atoms with Crippen LogP contribution in [-0.4, -0.2) is 37.1 Å². The summed E-state index contributed by atoms with van der Waals surface area (Å²) in [6.45, 7) is 3.15. The van der Waals surface area contributed by atoms with E-state index in [2.05, 4.69) is 16.0 Å². The molecular formula is C17H19N3O3S. The van der Waals surface area contributed by atoms with E-state index in [0.717, 1.165) is 0 Å². The molecule has 24 heavy (non-hydrogen) atoms. The predicted octanol–water partition coefficient (Wildman–Crippen LogP) is 2.32. The quantitative estimate of drug-likeness (QED) is 0.794. The lowest BCUT2D eigenvalue weighted by Gasteiger charge is -2.29. The summed E-state index contributed by atoms with van der Waals surface area (Å²) in [7, 11) is 0. The van der Waals surface area contributed by atoms with Crippen LogP contribution in [0.5, 0.6) is 0 Å². The molecule has 0 saturated carbocycles. The molecule has 0 unspecified atom stereocenters. The molecule has 7 heteroatoms. The first-order chi connectivity index (χ1) is 11.6. The maximum atomic E-state index is 12.3. The van der Waals surface area contributed by atoms with Crippen molar-refractivity contribution in [3.8, 4) is 0 Å². The van der Waals surface area contributed by atoms with E-state index >= 15 is 0 Å². The van der Waals surface area contributed by atoms with Crippen molar-refractivity contribution in [3.63, 3.8) is 0 Å². The average Bonchev–Trinajstić information content (AvgIpc) is 3.11. The van der Waals surface area contributed by atoms with E-state index < -0.39 is 0 Å². The summed E-state index contributed by atoms with van der Waals surface area (Å²) in [5, 5.41) is 10.7. The number of amides is 2. The number of thiophene rings is 1. The number of nitrogens with one attached hydrogen (secondary N) is 3. The monoisotopic (exact) mass is 345 g/mol. The summed E-state index contributed by atoms with van der Waals surface area (Å²) in [6.07, 6.45) is -0.164. The van der Waals surface area contributed by atoms with Crippen LogP contribution in [0.1, 0.15) is 16.6 Å². The maximum Gasteiger partial charge on any atom is 0.265 e. The fourth-order valence-corrected chi connectivity index (χ4v) is 3.10. The van der Waals surface area contributed by atoms with E-state index in [1.807, 2.05) is 18.4 Å². The largest absolute Gasteiger partial charge is 0.375 e. The summed E-state index contributed by atoms with van der Waals surface area (Å²) in [5.74, 6) is -0.267. The molecule has 1 aliphatic rings. The molecule has 0 aliphatic carbocycles. The Labute approximate surface area is 144 Å². The molecule has 0 radical (unpaired) electrons. The number of benzene rings is 1. The molecule has 1 aromatic carbocycles. The fourth-order valence-electron chi connectivity index (χ4n) is 2.48. The highest BCUT2D eigenvalue weighted by Gasteiger charge is 2.28. The van der Waals surface area contributed by atoms with Gasteiger partial charge in [-0.15, -0.1) is 11.3 Å². The third kappa shape index (κ3) is 4.00. The van der Waals surface area contributed by atoms with Crippen molar-refractivity contribution in [2.75, 3.05) is 23.8 Å². The zero-order chi connectivity index (χ0) is 16.9. The van der Waals surface area contributed by atoms with Gasteiger partial charge in [0.25, 0.3) is 5.91 Å². The number of morpholine rings is 1. The SMILES string of the molecule is C[C@H]1OCCN[C@@H]1C(=O)Nc1ccc(NC(=O)c2cccs2)cc1. The van der Waals surface area contributed by atoms with Crippen molar-refractivity contribution in [2.45, 2.75) is 19.1 Å². The minimum Gasteiger partial charge on any atom is -0.375 e. The molecule has 0 bridgehead atoms. The molecule has 2 atom stereocenters. The van der Waals surface area contributed by atoms with Gasteiger partial charge >= 0.3 is 0 Å². The lowest BCUT2D eigenvalue weighted by atomic mass is 10.1. The molecule has 2 amide bonds. The number of hydrogen-bond donors (Lipinski definition) is 3. The van der Waals surface area contributed by atoms with Gasteiger partial charge in [0.2, 0.25) is 5.91 Å². The normalized spacial score (nSPS) is 20.4. The van der Waals surface area contributed by atoms with Crippen LogP contribution in [-0.2, 0) is 9.53 Å². The third-order valence-electron chi connectivity index (χ3n) is 3.75. The van der Waals surface area contributed by atoms with Crippen molar-refractivity contribution in [1.29, 1.82) is 0 Å². The van der Waals surface area contributed by atoms with Gasteiger partial charge in [-0.3, -0.25) is 9.59 Å². The second-order valence-corrected chi connectivity index (χ2v) is 6.45. The van der Waals surface area contributed by atoms with E-state index in [1.165, 1.54) is 11.3 Å². The molecule has 3 rings (SSSR count). The first-order valence-electron chi connectivity index (χ1n) is 7.74. The van der Waals surface area contributed by atoms with E-state index in [9.17, 15) is 9.59 Å². The highest BCUT2D eigenvalue weighted by Crippen LogP contribution is 2.17. The van der Waals surface area contributed by atoms with Crippen LogP contribution in [0.4, 0.5) is 11.4 Å². The van der Waals surface area contributed by atoms with Crippen LogP contribution in [0.2, 0.25) is 0 Å². The van der Waals surface area contributed by atoms with Crippen LogP contribution in [0.3, 0.4) is 0 Å². The minimum absolute atomic E-state index is 0.127. The number of hydrogen-bond acceptors (Lipinski definition) is 5. The van der Waals surface area contributed by atoms with Gasteiger partial charge < -0.3 is 20.7 Å². The Morgan fingerprint density at radius 3 is 2.50 bits per heavy atom. The zero-order valence-electron chi connectivity index (χ0n) is 13.2. The molecule has 1 saturated heterocycles. The maximum absolute atomic E-state index is 12.3. The van der Waals surface area contributed by atoms with Crippen molar-refractivity contribution in [3.05, 3.63) is 46.7 Å². The summed E-state index contributed by atoms with van der Waals surface area (Å²) in [5.41, 5.74) is 1.35. The smallest absolute Gasteiger partial charge is 0.265 e. The van der Waals surface area contributed by atoms with Crippen molar-refractivity contribution >= 4 is 34.5 Å². The van der Waals surface area contributed by atoms with Gasteiger partial charge in [0, 0.05) is 17.9 Å². The second-order valence-electron chi connectivity index (χ2n) is 5.51. The van der Waals surface area contributed by atoms with E-state index in [0.29, 0.717) is 29.4 Å². The molecule has 2 heterocycles. The Bertz CT molecular complexity index is 700. The Hall–Kier alpha value is -2.22. The van der Waals surface area contributed by atoms with Gasteiger partial charge in [-0.05, 0) is 42.6 Å². The first kappa shape index (κ1) is 16.6. The second kappa shape index (κ2) is 7.57. The molecule has 0 spiro atoms. The van der Waals surface area contributed by atoms with E-state index in [4.69, 9.17) is 4.74 Å². The molecule has 1 aliphatic heterocycles. The number of ether oxygens (including phenoxy) is 1. The van der Waals surface area contributed by atoms with E-state index in [1.54, 1.807) is 30.3 Å². The minimum atomic E-state index is -0.364. The third-order valence-corrected chi connectivity index (χ3v) is 4.62. The number of carbonyl (C=O) groups excluding carboxylic acids is 2. The van der Waals surface area contributed by atoms with Crippen LogP contribution in [0.15, 0.2) is 41.8 Å². The molecule has 1 aromatic heterocycles. The zero-order valence-corrected chi connectivity index (χ0v) is 14.1. The molecular weight excluding hydrogens is 326 g/mol. The van der Waals surface area contributed by atoms with Crippen LogP contribution in [0.25, 0.3) is 0 Å². The summed E-state index contributed by atoms with van der Waals surface area (Å²) < 4.78 is 5.48. The molecule has 6 nitrogen and oxygen atoms in total. The lowest BCUT2D eigenvalue weighted by Crippen LogP contribution is -2.53. The van der Waals surface area contributed by atoms with Crippen molar-refractivity contribution < 1.29 is 14.3 Å². The van der Waals surface area contributed by atoms with Gasteiger partial charge in [0.15, 0.2) is 0 Å². The Balaban J connectivity index is 1.58. The van der Waals surface area contributed by atoms with Gasteiger partial charge in [0.05, 0.1) is 17.6 Å². The number of rotatable bonds is 4. The van der Waals surface area contributed by atoms with Crippen LogP contribution in [0, 0.1) is 0 Å². The Kier molecular flexibility index (Phi) is 5.24. The van der Waals surface area contributed by atoms with Gasteiger partial charge in [-0.2, -0.15) is 0 Å². The Morgan fingerprint density at radius 1 is 1.17 bits per heavy atom. The molecule has 126 valence electrons. The topological polar surface area (TPSA) is 79.5 Å². The van der Waals surface area contributed by atoms with Crippen LogP contribution < -0.4 is 16.0 Å².